The van der Waals surface area contributed by atoms with Crippen LogP contribution < -0.4 is 10.6 Å². The van der Waals surface area contributed by atoms with Crippen molar-refractivity contribution in [1.29, 1.82) is 0 Å². The largest absolute Gasteiger partial charge is 0.379 e. The molecular weight excluding hydrogens is 187 g/mol. The number of rotatable bonds is 0. The second-order valence-corrected chi connectivity index (χ2v) is 2.72. The Morgan fingerprint density at radius 3 is 1.00 bits per heavy atom. The minimum atomic E-state index is 0. The molecule has 2 saturated heterocycles. The summed E-state index contributed by atoms with van der Waals surface area (Å²) in [6, 6.07) is 0. The quantitative estimate of drug-likeness (QED) is 0.549. The molecule has 77 valence electrons. The lowest BCUT2D eigenvalue weighted by molar-refractivity contribution is 0.109. The van der Waals surface area contributed by atoms with Crippen LogP contribution in [0.3, 0.4) is 0 Å². The van der Waals surface area contributed by atoms with Crippen molar-refractivity contribution in [1.82, 2.24) is 10.6 Å². The monoisotopic (exact) mass is 205 g/mol. The minimum Gasteiger partial charge on any atom is -0.379 e. The van der Waals surface area contributed by atoms with Crippen LogP contribution in [0.2, 0.25) is 0 Å². The molecule has 0 unspecified atom stereocenters. The summed E-state index contributed by atoms with van der Waals surface area (Å²) in [6.07, 6.45) is 0. The van der Waals surface area contributed by atoms with Crippen LogP contribution in [-0.4, -0.2) is 52.6 Å². The van der Waals surface area contributed by atoms with E-state index in [0.717, 1.165) is 52.6 Å². The summed E-state index contributed by atoms with van der Waals surface area (Å²) in [6.45, 7) is 7.67. The second kappa shape index (κ2) is 10.4. The molecule has 0 aromatic rings. The highest BCUT2D eigenvalue weighted by Gasteiger charge is 1.93. The molecule has 0 bridgehead atoms. The van der Waals surface area contributed by atoms with Gasteiger partial charge < -0.3 is 20.1 Å². The van der Waals surface area contributed by atoms with Gasteiger partial charge in [0.25, 0.3) is 0 Å². The van der Waals surface area contributed by atoms with Gasteiger partial charge >= 0.3 is 0 Å². The Morgan fingerprint density at radius 2 is 0.923 bits per heavy atom. The van der Waals surface area contributed by atoms with Crippen molar-refractivity contribution in [2.75, 3.05) is 52.6 Å². The summed E-state index contributed by atoms with van der Waals surface area (Å²) < 4.78 is 10.0. The molecule has 2 fully saturated rings. The van der Waals surface area contributed by atoms with E-state index in [1.54, 1.807) is 0 Å². The first-order chi connectivity index (χ1) is 6.00. The summed E-state index contributed by atoms with van der Waals surface area (Å²) in [5.74, 6) is 0. The van der Waals surface area contributed by atoms with Crippen LogP contribution in [0.15, 0.2) is 0 Å². The van der Waals surface area contributed by atoms with Gasteiger partial charge in [-0.2, -0.15) is 0 Å². The summed E-state index contributed by atoms with van der Waals surface area (Å²) in [5, 5.41) is 6.32. The average molecular weight is 205 g/mol. The van der Waals surface area contributed by atoms with E-state index < -0.39 is 0 Å². The van der Waals surface area contributed by atoms with Crippen LogP contribution in [0.1, 0.15) is 0 Å². The van der Waals surface area contributed by atoms with Gasteiger partial charge in [0.2, 0.25) is 0 Å². The normalized spacial score (nSPS) is 22.2. The van der Waals surface area contributed by atoms with Gasteiger partial charge in [-0.25, -0.2) is 0 Å². The van der Waals surface area contributed by atoms with E-state index >= 15 is 0 Å². The standard InChI is InChI=1S/2C4H9NO.P/c2*1-3-6-4-2-5-1;/h2*5H,1-4H2;. The third kappa shape index (κ3) is 8.60. The summed E-state index contributed by atoms with van der Waals surface area (Å²) in [7, 11) is 0. The van der Waals surface area contributed by atoms with Crippen molar-refractivity contribution >= 4 is 9.90 Å². The average Bonchev–Trinajstić information content (AvgIpc) is 2.24. The zero-order valence-electron chi connectivity index (χ0n) is 7.92. The molecule has 0 atom stereocenters. The fourth-order valence-corrected chi connectivity index (χ4v) is 1.03. The predicted molar refractivity (Wildman–Crippen MR) is 54.3 cm³/mol. The highest BCUT2D eigenvalue weighted by Crippen LogP contribution is 1.77. The topological polar surface area (TPSA) is 42.5 Å². The van der Waals surface area contributed by atoms with E-state index in [1.165, 1.54) is 0 Å². The van der Waals surface area contributed by atoms with Gasteiger partial charge in [0.05, 0.1) is 26.4 Å². The number of ether oxygens (including phenoxy) is 2. The fraction of sp³-hybridized carbons (Fsp3) is 1.00. The van der Waals surface area contributed by atoms with Crippen molar-refractivity contribution in [2.45, 2.75) is 0 Å². The molecule has 2 aliphatic rings. The number of hydrogen-bond acceptors (Lipinski definition) is 4. The Kier molecular flexibility index (Phi) is 10.6. The van der Waals surface area contributed by atoms with E-state index in [1.807, 2.05) is 0 Å². The van der Waals surface area contributed by atoms with Gasteiger partial charge in [-0.3, -0.25) is 0 Å². The maximum Gasteiger partial charge on any atom is 0.0591 e. The highest BCUT2D eigenvalue weighted by atomic mass is 31.0. The third-order valence-corrected chi connectivity index (χ3v) is 1.69. The maximum absolute atomic E-state index is 5.01. The first-order valence-electron chi connectivity index (χ1n) is 4.57. The van der Waals surface area contributed by atoms with Crippen LogP contribution in [0.4, 0.5) is 0 Å². The first kappa shape index (κ1) is 13.3. The Morgan fingerprint density at radius 1 is 0.615 bits per heavy atom. The number of hydrogen-bond donors (Lipinski definition) is 2. The van der Waals surface area contributed by atoms with Crippen LogP contribution in [0, 0.1) is 0 Å². The van der Waals surface area contributed by atoms with E-state index in [2.05, 4.69) is 10.6 Å². The van der Waals surface area contributed by atoms with Gasteiger partial charge in [0, 0.05) is 36.1 Å². The molecular formula is C8H18N2O2P. The van der Waals surface area contributed by atoms with Gasteiger partial charge in [-0.15, -0.1) is 0 Å². The Balaban J connectivity index is 0.000000206. The summed E-state index contributed by atoms with van der Waals surface area (Å²) in [4.78, 5) is 0. The molecule has 0 aromatic heterocycles. The van der Waals surface area contributed by atoms with Crippen molar-refractivity contribution in [3.05, 3.63) is 0 Å². The van der Waals surface area contributed by atoms with E-state index in [9.17, 15) is 0 Å². The van der Waals surface area contributed by atoms with E-state index in [0.29, 0.717) is 0 Å². The smallest absolute Gasteiger partial charge is 0.0591 e. The molecule has 2 aliphatic heterocycles. The van der Waals surface area contributed by atoms with E-state index in [-0.39, 0.29) is 9.90 Å². The fourth-order valence-electron chi connectivity index (χ4n) is 1.03. The molecule has 2 rings (SSSR count). The molecule has 4 nitrogen and oxygen atoms in total. The Hall–Kier alpha value is 0.270. The van der Waals surface area contributed by atoms with Crippen molar-refractivity contribution in [2.24, 2.45) is 0 Å². The van der Waals surface area contributed by atoms with Gasteiger partial charge in [-0.05, 0) is 0 Å². The molecule has 0 aliphatic carbocycles. The molecule has 0 aromatic carbocycles. The third-order valence-electron chi connectivity index (χ3n) is 1.69. The lowest BCUT2D eigenvalue weighted by Gasteiger charge is -2.10. The Bertz CT molecular complexity index is 63.1. The van der Waals surface area contributed by atoms with E-state index in [4.69, 9.17) is 9.47 Å². The highest BCUT2D eigenvalue weighted by molar-refractivity contribution is 6.92. The Labute approximate surface area is 83.4 Å². The predicted octanol–water partition coefficient (Wildman–Crippen LogP) is 0.0736. The molecule has 0 spiro atoms. The summed E-state index contributed by atoms with van der Waals surface area (Å²) >= 11 is 0. The van der Waals surface area contributed by atoms with Crippen molar-refractivity contribution in [3.63, 3.8) is 0 Å². The van der Waals surface area contributed by atoms with Crippen LogP contribution in [-0.2, 0) is 9.47 Å². The second-order valence-electron chi connectivity index (χ2n) is 2.72. The molecule has 2 heterocycles. The molecule has 13 heavy (non-hydrogen) atoms. The molecule has 2 N–H and O–H groups in total. The van der Waals surface area contributed by atoms with Crippen LogP contribution in [0.25, 0.3) is 0 Å². The zero-order chi connectivity index (χ0) is 8.49. The zero-order valence-corrected chi connectivity index (χ0v) is 8.81. The van der Waals surface area contributed by atoms with Gasteiger partial charge in [-0.1, -0.05) is 0 Å². The van der Waals surface area contributed by atoms with Crippen LogP contribution in [0.5, 0.6) is 0 Å². The molecule has 0 amide bonds. The van der Waals surface area contributed by atoms with Gasteiger partial charge in [0.1, 0.15) is 0 Å². The minimum absolute atomic E-state index is 0. The number of morpholine rings is 2. The first-order valence-corrected chi connectivity index (χ1v) is 4.57. The van der Waals surface area contributed by atoms with Crippen molar-refractivity contribution < 1.29 is 9.47 Å². The van der Waals surface area contributed by atoms with Crippen molar-refractivity contribution in [3.8, 4) is 0 Å². The molecule has 5 heteroatoms. The molecule has 3 radical (unpaired) electrons. The van der Waals surface area contributed by atoms with Crippen LogP contribution >= 0.6 is 9.90 Å². The lowest BCUT2D eigenvalue weighted by Crippen LogP contribution is -2.30. The SMILES string of the molecule is C1COCCN1.C1COCCN1.[P]. The number of nitrogens with one attached hydrogen (secondary N) is 2. The molecule has 0 saturated carbocycles. The maximum atomic E-state index is 5.01. The summed E-state index contributed by atoms with van der Waals surface area (Å²) in [5.41, 5.74) is 0. The van der Waals surface area contributed by atoms with Gasteiger partial charge in [0.15, 0.2) is 0 Å². The lowest BCUT2D eigenvalue weighted by atomic mass is 10.5.